The molecule has 124 valence electrons. The molecule has 6 nitrogen and oxygen atoms in total. The van der Waals surface area contributed by atoms with Gasteiger partial charge in [0, 0.05) is 0 Å². The van der Waals surface area contributed by atoms with Crippen molar-refractivity contribution in [2.45, 2.75) is 25.7 Å². The molecule has 1 aromatic rings. The molecular formula is C16H20NO5P. The smallest absolute Gasteiger partial charge is 0.448 e. The Labute approximate surface area is 134 Å². The van der Waals surface area contributed by atoms with Crippen LogP contribution in [0.1, 0.15) is 31.2 Å². The number of nitrogens with zero attached hydrogens (tertiary/aromatic N) is 1. The number of hydrogen-bond acceptors (Lipinski definition) is 3. The van der Waals surface area contributed by atoms with Gasteiger partial charge in [-0.25, -0.2) is 4.57 Å². The van der Waals surface area contributed by atoms with E-state index in [1.54, 1.807) is 12.1 Å². The molecule has 4 N–H and O–H groups in total. The summed E-state index contributed by atoms with van der Waals surface area (Å²) in [4.78, 5) is 18.0. The normalized spacial score (nSPS) is 21.3. The van der Waals surface area contributed by atoms with Gasteiger partial charge in [-0.1, -0.05) is 25.1 Å². The summed E-state index contributed by atoms with van der Waals surface area (Å²) in [5.41, 5.74) is 1.24. The molecule has 23 heavy (non-hydrogen) atoms. The summed E-state index contributed by atoms with van der Waals surface area (Å²) in [5, 5.41) is 19.3. The van der Waals surface area contributed by atoms with Crippen LogP contribution in [0.3, 0.4) is 0 Å². The second-order valence-corrected chi connectivity index (χ2v) is 6.84. The highest BCUT2D eigenvalue weighted by Gasteiger charge is 2.25. The number of rotatable bonds is 5. The molecule has 0 heterocycles. The first kappa shape index (κ1) is 17.5. The molecule has 1 aliphatic carbocycles. The van der Waals surface area contributed by atoms with Gasteiger partial charge in [-0.05, 0) is 48.6 Å². The van der Waals surface area contributed by atoms with Gasteiger partial charge in [0.05, 0.1) is 11.6 Å². The third-order valence-electron chi connectivity index (χ3n) is 3.84. The molecule has 0 aliphatic heterocycles. The standard InChI is InChI=1S/C16H20NO5P/c1-11(12-6-8-13(18)9-7-12)5-10-14-15(17-23(20,21)22)3-2-4-16(14)19/h2-4,6-9,11,14,18-19H,5,10H2,1H3,(H2,20,21,22)/b17-15+. The Balaban J connectivity index is 2.09. The lowest BCUT2D eigenvalue weighted by Crippen LogP contribution is -2.18. The van der Waals surface area contributed by atoms with Gasteiger partial charge in [-0.3, -0.25) is 0 Å². The molecule has 2 unspecified atom stereocenters. The monoisotopic (exact) mass is 337 g/mol. The van der Waals surface area contributed by atoms with Gasteiger partial charge in [0.2, 0.25) is 0 Å². The Morgan fingerprint density at radius 3 is 2.48 bits per heavy atom. The zero-order valence-electron chi connectivity index (χ0n) is 12.7. The van der Waals surface area contributed by atoms with E-state index in [2.05, 4.69) is 4.76 Å². The third-order valence-corrected chi connectivity index (χ3v) is 4.34. The Bertz CT molecular complexity index is 687. The number of phenols is 1. The van der Waals surface area contributed by atoms with Gasteiger partial charge in [0.1, 0.15) is 11.5 Å². The number of phenolic OH excluding ortho intramolecular Hbond substituents is 1. The second kappa shape index (κ2) is 7.13. The van der Waals surface area contributed by atoms with Crippen LogP contribution in [0.2, 0.25) is 0 Å². The highest BCUT2D eigenvalue weighted by atomic mass is 31.2. The molecule has 0 radical (unpaired) electrons. The molecule has 7 heteroatoms. The highest BCUT2D eigenvalue weighted by Crippen LogP contribution is 2.39. The van der Waals surface area contributed by atoms with Crippen LogP contribution in [0.5, 0.6) is 5.75 Å². The van der Waals surface area contributed by atoms with Gasteiger partial charge in [0.25, 0.3) is 0 Å². The molecule has 0 amide bonds. The Hall–Kier alpha value is -1.88. The minimum Gasteiger partial charge on any atom is -0.512 e. The van der Waals surface area contributed by atoms with Crippen molar-refractivity contribution in [3.63, 3.8) is 0 Å². The van der Waals surface area contributed by atoms with Gasteiger partial charge in [0.15, 0.2) is 0 Å². The number of hydrogen-bond donors (Lipinski definition) is 4. The summed E-state index contributed by atoms with van der Waals surface area (Å²) in [6.07, 6.45) is 5.74. The Kier molecular flexibility index (Phi) is 5.42. The van der Waals surface area contributed by atoms with E-state index in [0.29, 0.717) is 12.8 Å². The number of aliphatic hydroxyl groups excluding tert-OH is 1. The van der Waals surface area contributed by atoms with Crippen molar-refractivity contribution in [2.24, 2.45) is 10.7 Å². The van der Waals surface area contributed by atoms with E-state index in [9.17, 15) is 14.8 Å². The minimum absolute atomic E-state index is 0.0533. The fourth-order valence-electron chi connectivity index (χ4n) is 2.56. The van der Waals surface area contributed by atoms with Crippen molar-refractivity contribution in [3.8, 4) is 5.75 Å². The Morgan fingerprint density at radius 1 is 1.22 bits per heavy atom. The van der Waals surface area contributed by atoms with Crippen LogP contribution in [0.15, 0.2) is 53.0 Å². The summed E-state index contributed by atoms with van der Waals surface area (Å²) >= 11 is 0. The average Bonchev–Trinajstić information content (AvgIpc) is 2.45. The molecule has 0 saturated heterocycles. The maximum atomic E-state index is 11.1. The fourth-order valence-corrected chi connectivity index (χ4v) is 3.07. The lowest BCUT2D eigenvalue weighted by atomic mass is 9.87. The molecule has 0 fully saturated rings. The van der Waals surface area contributed by atoms with E-state index < -0.39 is 13.7 Å². The van der Waals surface area contributed by atoms with Crippen molar-refractivity contribution in [1.82, 2.24) is 0 Å². The largest absolute Gasteiger partial charge is 0.512 e. The summed E-state index contributed by atoms with van der Waals surface area (Å²) in [5.74, 6) is -0.0922. The van der Waals surface area contributed by atoms with Crippen molar-refractivity contribution in [1.29, 1.82) is 0 Å². The zero-order chi connectivity index (χ0) is 17.0. The molecular weight excluding hydrogens is 317 g/mol. The molecule has 2 atom stereocenters. The first-order valence-electron chi connectivity index (χ1n) is 7.28. The lowest BCUT2D eigenvalue weighted by Gasteiger charge is -2.21. The first-order chi connectivity index (χ1) is 10.8. The quantitative estimate of drug-likeness (QED) is 0.615. The van der Waals surface area contributed by atoms with Gasteiger partial charge < -0.3 is 20.0 Å². The Morgan fingerprint density at radius 2 is 1.87 bits per heavy atom. The van der Waals surface area contributed by atoms with Crippen LogP contribution in [-0.2, 0) is 4.57 Å². The van der Waals surface area contributed by atoms with Crippen LogP contribution in [0.4, 0.5) is 0 Å². The minimum atomic E-state index is -4.54. The number of allylic oxidation sites excluding steroid dienone is 4. The van der Waals surface area contributed by atoms with E-state index >= 15 is 0 Å². The topological polar surface area (TPSA) is 110 Å². The molecule has 0 aromatic heterocycles. The van der Waals surface area contributed by atoms with Crippen LogP contribution >= 0.6 is 7.75 Å². The lowest BCUT2D eigenvalue weighted by molar-refractivity contribution is 0.349. The fraction of sp³-hybridized carbons (Fsp3) is 0.312. The summed E-state index contributed by atoms with van der Waals surface area (Å²) in [6.45, 7) is 2.02. The third kappa shape index (κ3) is 5.06. The van der Waals surface area contributed by atoms with E-state index in [1.165, 1.54) is 18.2 Å². The molecule has 2 rings (SSSR count). The highest BCUT2D eigenvalue weighted by molar-refractivity contribution is 7.50. The van der Waals surface area contributed by atoms with Crippen LogP contribution in [0.25, 0.3) is 0 Å². The van der Waals surface area contributed by atoms with Crippen LogP contribution in [0, 0.1) is 5.92 Å². The predicted octanol–water partition coefficient (Wildman–Crippen LogP) is 3.44. The predicted molar refractivity (Wildman–Crippen MR) is 88.6 cm³/mol. The van der Waals surface area contributed by atoms with Gasteiger partial charge >= 0.3 is 7.75 Å². The number of benzene rings is 1. The number of aromatic hydroxyl groups is 1. The maximum absolute atomic E-state index is 11.1. The van der Waals surface area contributed by atoms with Crippen molar-refractivity contribution >= 4 is 13.5 Å². The molecule has 0 spiro atoms. The van der Waals surface area contributed by atoms with E-state index in [-0.39, 0.29) is 23.1 Å². The summed E-state index contributed by atoms with van der Waals surface area (Å²) in [7, 11) is -4.54. The SMILES string of the molecule is CC(CCC1C(O)=CC=C/C1=N\P(=O)(O)O)c1ccc(O)cc1. The second-order valence-electron chi connectivity index (χ2n) is 5.61. The zero-order valence-corrected chi connectivity index (χ0v) is 13.6. The van der Waals surface area contributed by atoms with Crippen LogP contribution < -0.4 is 0 Å². The average molecular weight is 337 g/mol. The van der Waals surface area contributed by atoms with Crippen molar-refractivity contribution < 1.29 is 24.6 Å². The molecule has 0 bridgehead atoms. The molecule has 0 saturated carbocycles. The summed E-state index contributed by atoms with van der Waals surface area (Å²) < 4.78 is 14.5. The first-order valence-corrected chi connectivity index (χ1v) is 8.84. The van der Waals surface area contributed by atoms with E-state index in [1.807, 2.05) is 19.1 Å². The molecule has 1 aliphatic rings. The van der Waals surface area contributed by atoms with Crippen molar-refractivity contribution in [3.05, 3.63) is 53.8 Å². The van der Waals surface area contributed by atoms with Crippen molar-refractivity contribution in [2.75, 3.05) is 0 Å². The number of aliphatic hydroxyl groups is 1. The van der Waals surface area contributed by atoms with E-state index in [4.69, 9.17) is 9.79 Å². The van der Waals surface area contributed by atoms with Gasteiger partial charge in [-0.15, -0.1) is 0 Å². The maximum Gasteiger partial charge on any atom is 0.448 e. The van der Waals surface area contributed by atoms with E-state index in [0.717, 1.165) is 5.56 Å². The van der Waals surface area contributed by atoms with Crippen LogP contribution in [-0.4, -0.2) is 25.7 Å². The summed E-state index contributed by atoms with van der Waals surface area (Å²) in [6, 6.07) is 6.91. The van der Waals surface area contributed by atoms with Gasteiger partial charge in [-0.2, -0.15) is 4.76 Å². The molecule has 1 aromatic carbocycles.